The van der Waals surface area contributed by atoms with Crippen LogP contribution in [0.1, 0.15) is 16.7 Å². The number of benzene rings is 3. The van der Waals surface area contributed by atoms with Gasteiger partial charge in [0.1, 0.15) is 0 Å². The van der Waals surface area contributed by atoms with Crippen LogP contribution in [0.15, 0.2) is 0 Å². The first-order valence-electron chi connectivity index (χ1n) is 13.7. The van der Waals surface area contributed by atoms with Gasteiger partial charge in [-0.25, -0.2) is 52.7 Å². The van der Waals surface area contributed by atoms with Gasteiger partial charge in [-0.1, -0.05) is 0 Å². The molecule has 0 atom stereocenters. The van der Waals surface area contributed by atoms with Crippen LogP contribution in [0.3, 0.4) is 0 Å². The second-order valence-corrected chi connectivity index (χ2v) is 13.2. The third-order valence-electron chi connectivity index (χ3n) is 7.59. The van der Waals surface area contributed by atoms with Crippen molar-refractivity contribution < 1.29 is 145 Å². The Morgan fingerprint density at radius 3 is 0.508 bits per heavy atom. The van der Waals surface area contributed by atoms with E-state index in [-0.39, 0.29) is 0 Å². The quantitative estimate of drug-likeness (QED) is 0.0867. The molecule has 0 saturated heterocycles. The molecule has 0 fully saturated rings. The predicted molar refractivity (Wildman–Crippen MR) is 129 cm³/mol. The molecule has 0 aliphatic carbocycles. The van der Waals surface area contributed by atoms with Crippen molar-refractivity contribution in [2.75, 3.05) is 0 Å². The van der Waals surface area contributed by atoms with Crippen LogP contribution in [0.25, 0.3) is 0 Å². The van der Waals surface area contributed by atoms with Gasteiger partial charge < -0.3 is 0 Å². The lowest BCUT2D eigenvalue weighted by atomic mass is 9.99. The molecule has 0 unspecified atom stereocenters. The standard InChI is InChI=1S/C27F33P/c28-4-1(19(40,41)22(46,47)25(52,53)54)16(13(37)10(34)7(4)31)61(17-2(5(29)8(32)11(35)14(17)38)20(42,43)23(48,49)26(55,56)57)18-3(6(30)9(33)12(36)15(18)39)21(44,45)24(50,51)27(58,59)60. The van der Waals surface area contributed by atoms with Gasteiger partial charge in [-0.2, -0.15) is 92.2 Å². The van der Waals surface area contributed by atoms with Crippen LogP contribution >= 0.6 is 7.92 Å². The summed E-state index contributed by atoms with van der Waals surface area (Å²) in [6.07, 6.45) is -24.6. The van der Waals surface area contributed by atoms with Crippen LogP contribution < -0.4 is 15.9 Å². The zero-order valence-electron chi connectivity index (χ0n) is 26.4. The number of rotatable bonds is 9. The lowest BCUT2D eigenvalue weighted by Gasteiger charge is -2.36. The van der Waals surface area contributed by atoms with Gasteiger partial charge >= 0.3 is 54.1 Å². The van der Waals surface area contributed by atoms with Gasteiger partial charge in [0.2, 0.25) is 0 Å². The summed E-state index contributed by atoms with van der Waals surface area (Å²) in [6.45, 7) is 0. The molecule has 0 heterocycles. The second kappa shape index (κ2) is 14.7. The highest BCUT2D eigenvalue weighted by Gasteiger charge is 2.78. The van der Waals surface area contributed by atoms with Gasteiger partial charge in [0.25, 0.3) is 0 Å². The fraction of sp³-hybridized carbons (Fsp3) is 0.333. The average molecular weight is 982 g/mol. The maximum Gasteiger partial charge on any atom is 0.460 e. The predicted octanol–water partition coefficient (Wildman–Crippen LogP) is 12.0. The Bertz CT molecular complexity index is 2010. The molecule has 0 saturated carbocycles. The minimum absolute atomic E-state index is 4.37. The van der Waals surface area contributed by atoms with E-state index in [1.165, 1.54) is 0 Å². The molecule has 0 bridgehead atoms. The van der Waals surface area contributed by atoms with Gasteiger partial charge in [-0.15, -0.1) is 0 Å². The molecule has 0 radical (unpaired) electrons. The van der Waals surface area contributed by atoms with Crippen LogP contribution in [0.5, 0.6) is 0 Å². The summed E-state index contributed by atoms with van der Waals surface area (Å²) < 4.78 is 475. The normalized spacial score (nSPS) is 14.5. The zero-order chi connectivity index (χ0) is 48.5. The summed E-state index contributed by atoms with van der Waals surface area (Å²) in [4.78, 5) is 0. The van der Waals surface area contributed by atoms with E-state index in [1.54, 1.807) is 0 Å². The minimum atomic E-state index is -8.50. The molecule has 0 aromatic heterocycles. The largest absolute Gasteiger partial charge is 0.460 e. The van der Waals surface area contributed by atoms with Gasteiger partial charge in [-0.3, -0.25) is 0 Å². The maximum atomic E-state index is 15.6. The van der Waals surface area contributed by atoms with E-state index in [4.69, 9.17) is 0 Å². The molecule has 0 amide bonds. The van der Waals surface area contributed by atoms with Crippen molar-refractivity contribution in [1.29, 1.82) is 0 Å². The van der Waals surface area contributed by atoms with Crippen molar-refractivity contribution in [1.82, 2.24) is 0 Å². The lowest BCUT2D eigenvalue weighted by molar-refractivity contribution is -0.360. The molecule has 61 heavy (non-hydrogen) atoms. The molecule has 3 aromatic rings. The number of hydrogen-bond acceptors (Lipinski definition) is 0. The molecule has 0 spiro atoms. The first-order valence-corrected chi connectivity index (χ1v) is 15.0. The summed E-state index contributed by atoms with van der Waals surface area (Å²) in [5.74, 6) is -106. The summed E-state index contributed by atoms with van der Waals surface area (Å²) in [5, 5.41) is -14.6. The van der Waals surface area contributed by atoms with Crippen LogP contribution in [0.2, 0.25) is 0 Å². The number of hydrogen-bond donors (Lipinski definition) is 0. The summed E-state index contributed by atoms with van der Waals surface area (Å²) in [6, 6.07) is 0. The van der Waals surface area contributed by atoms with Crippen LogP contribution in [-0.4, -0.2) is 36.3 Å². The lowest BCUT2D eigenvalue weighted by Crippen LogP contribution is -2.55. The third-order valence-corrected chi connectivity index (χ3v) is 10.2. The van der Waals surface area contributed by atoms with Gasteiger partial charge in [0.05, 0.1) is 16.7 Å². The SMILES string of the molecule is Fc1c(F)c(F)c(C(F)(F)C(F)(F)C(F)(F)F)c(P(c2c(F)c(F)c(F)c(F)c2C(F)(F)C(F)(F)C(F)(F)F)c2c(F)c(F)c(F)c(F)c2C(F)(F)C(F)(F)C(F)(F)F)c1F. The van der Waals surface area contributed by atoms with E-state index in [1.807, 2.05) is 0 Å². The molecular formula is C27F33P. The van der Waals surface area contributed by atoms with Crippen LogP contribution in [0, 0.1) is 69.8 Å². The molecule has 3 aromatic carbocycles. The molecule has 34 heteroatoms. The smallest absolute Gasteiger partial charge is 0.203 e. The highest BCUT2D eigenvalue weighted by Crippen LogP contribution is 2.60. The number of alkyl halides is 21. The average Bonchev–Trinajstić information content (AvgIpc) is 3.09. The Balaban J connectivity index is 3.20. The van der Waals surface area contributed by atoms with Crippen molar-refractivity contribution in [2.45, 2.75) is 54.1 Å². The Morgan fingerprint density at radius 2 is 0.361 bits per heavy atom. The summed E-state index contributed by atoms with van der Waals surface area (Å²) >= 11 is 0. The molecule has 0 aliphatic heterocycles. The van der Waals surface area contributed by atoms with Crippen molar-refractivity contribution in [2.24, 2.45) is 0 Å². The van der Waals surface area contributed by atoms with E-state index < -0.39 is 164 Å². The Labute approximate surface area is 310 Å². The van der Waals surface area contributed by atoms with Crippen LogP contribution in [-0.2, 0) is 17.8 Å². The van der Waals surface area contributed by atoms with E-state index >= 15 is 52.7 Å². The molecule has 3 rings (SSSR count). The molecule has 344 valence electrons. The van der Waals surface area contributed by atoms with Crippen molar-refractivity contribution >= 4 is 23.8 Å². The first-order chi connectivity index (χ1) is 26.8. The van der Waals surface area contributed by atoms with E-state index in [9.17, 15) is 92.2 Å². The monoisotopic (exact) mass is 982 g/mol. The fourth-order valence-electron chi connectivity index (χ4n) is 4.69. The Morgan fingerprint density at radius 1 is 0.213 bits per heavy atom. The molecule has 0 aliphatic rings. The van der Waals surface area contributed by atoms with Crippen LogP contribution in [0.4, 0.5) is 145 Å². The summed E-state index contributed by atoms with van der Waals surface area (Å²) in [5.41, 5.74) is -15.6. The van der Waals surface area contributed by atoms with Crippen molar-refractivity contribution in [3.63, 3.8) is 0 Å². The van der Waals surface area contributed by atoms with E-state index in [2.05, 4.69) is 0 Å². The highest BCUT2D eigenvalue weighted by molar-refractivity contribution is 7.80. The number of halogens is 33. The zero-order valence-corrected chi connectivity index (χ0v) is 27.3. The van der Waals surface area contributed by atoms with Crippen molar-refractivity contribution in [3.8, 4) is 0 Å². The fourth-order valence-corrected chi connectivity index (χ4v) is 7.63. The van der Waals surface area contributed by atoms with Gasteiger partial charge in [-0.05, 0) is 7.92 Å². The van der Waals surface area contributed by atoms with E-state index in [0.29, 0.717) is 0 Å². The molecule has 0 N–H and O–H groups in total. The summed E-state index contributed by atoms with van der Waals surface area (Å²) in [7, 11) is -7.75. The molecule has 0 nitrogen and oxygen atoms in total. The van der Waals surface area contributed by atoms with Gasteiger partial charge in [0.15, 0.2) is 69.8 Å². The Hall–Kier alpha value is -4.22. The first kappa shape index (κ1) is 51.1. The minimum Gasteiger partial charge on any atom is -0.203 e. The maximum absolute atomic E-state index is 15.6. The third kappa shape index (κ3) is 7.00. The van der Waals surface area contributed by atoms with Gasteiger partial charge in [0, 0.05) is 15.9 Å². The second-order valence-electron chi connectivity index (χ2n) is 11.2. The van der Waals surface area contributed by atoms with E-state index in [0.717, 1.165) is 0 Å². The Kier molecular flexibility index (Phi) is 12.3. The topological polar surface area (TPSA) is 0 Å². The highest BCUT2D eigenvalue weighted by atomic mass is 31.1. The van der Waals surface area contributed by atoms with Crippen molar-refractivity contribution in [3.05, 3.63) is 86.5 Å². The molecular weight excluding hydrogens is 982 g/mol.